The van der Waals surface area contributed by atoms with E-state index < -0.39 is 0 Å². The Kier molecular flexibility index (Phi) is 4.85. The van der Waals surface area contributed by atoms with Crippen molar-refractivity contribution in [3.05, 3.63) is 0 Å². The summed E-state index contributed by atoms with van der Waals surface area (Å²) in [5.74, 6) is 1.08. The third kappa shape index (κ3) is 3.48. The first kappa shape index (κ1) is 14.8. The number of rotatable bonds is 3. The summed E-state index contributed by atoms with van der Waals surface area (Å²) in [5, 5.41) is 3.23. The van der Waals surface area contributed by atoms with E-state index in [-0.39, 0.29) is 11.5 Å². The number of nitrogens with two attached hydrogens (primary N) is 1. The minimum absolute atomic E-state index is 0.0436. The summed E-state index contributed by atoms with van der Waals surface area (Å²) >= 11 is 0. The van der Waals surface area contributed by atoms with E-state index in [0.717, 1.165) is 57.7 Å². The molecule has 19 heavy (non-hydrogen) atoms. The van der Waals surface area contributed by atoms with Crippen LogP contribution in [0.2, 0.25) is 0 Å². The number of hydrogen-bond acceptors (Lipinski definition) is 3. The van der Waals surface area contributed by atoms with Gasteiger partial charge in [0.1, 0.15) is 0 Å². The van der Waals surface area contributed by atoms with Crippen molar-refractivity contribution in [2.24, 2.45) is 17.6 Å². The maximum absolute atomic E-state index is 12.7. The topological polar surface area (TPSA) is 58.4 Å². The van der Waals surface area contributed by atoms with Crippen LogP contribution in [0.4, 0.5) is 0 Å². The Morgan fingerprint density at radius 2 is 2.00 bits per heavy atom. The van der Waals surface area contributed by atoms with Crippen molar-refractivity contribution in [2.45, 2.75) is 51.0 Å². The molecule has 1 heterocycles. The molecule has 1 saturated heterocycles. The fraction of sp³-hybridized carbons (Fsp3) is 0.933. The van der Waals surface area contributed by atoms with Crippen LogP contribution in [0, 0.1) is 11.8 Å². The SMILES string of the molecule is CNCC1CCN(C(=O)C2CCCCC2(C)N)CC1. The molecule has 2 atom stereocenters. The smallest absolute Gasteiger partial charge is 0.227 e. The number of likely N-dealkylation sites (tertiary alicyclic amines) is 1. The molecule has 1 aliphatic heterocycles. The van der Waals surface area contributed by atoms with Crippen LogP contribution in [-0.2, 0) is 4.79 Å². The van der Waals surface area contributed by atoms with Crippen LogP contribution < -0.4 is 11.1 Å². The number of amides is 1. The first-order valence-electron chi connectivity index (χ1n) is 7.77. The van der Waals surface area contributed by atoms with Gasteiger partial charge in [-0.15, -0.1) is 0 Å². The highest BCUT2D eigenvalue weighted by Gasteiger charge is 2.40. The highest BCUT2D eigenvalue weighted by molar-refractivity contribution is 5.80. The molecule has 2 fully saturated rings. The predicted molar refractivity (Wildman–Crippen MR) is 77.8 cm³/mol. The van der Waals surface area contributed by atoms with E-state index >= 15 is 0 Å². The lowest BCUT2D eigenvalue weighted by Crippen LogP contribution is -2.55. The average molecular weight is 267 g/mol. The zero-order valence-electron chi connectivity index (χ0n) is 12.5. The summed E-state index contributed by atoms with van der Waals surface area (Å²) in [6.45, 7) is 4.96. The zero-order valence-corrected chi connectivity index (χ0v) is 12.5. The van der Waals surface area contributed by atoms with E-state index in [1.165, 1.54) is 6.42 Å². The Balaban J connectivity index is 1.90. The highest BCUT2D eigenvalue weighted by atomic mass is 16.2. The first-order chi connectivity index (χ1) is 9.04. The summed E-state index contributed by atoms with van der Waals surface area (Å²) in [6.07, 6.45) is 6.53. The van der Waals surface area contributed by atoms with Gasteiger partial charge in [-0.25, -0.2) is 0 Å². The summed E-state index contributed by atoms with van der Waals surface area (Å²) in [7, 11) is 2.00. The molecular formula is C15H29N3O. The molecule has 110 valence electrons. The lowest BCUT2D eigenvalue weighted by Gasteiger charge is -2.41. The maximum Gasteiger partial charge on any atom is 0.227 e. The number of carbonyl (C=O) groups is 1. The molecule has 2 unspecified atom stereocenters. The lowest BCUT2D eigenvalue weighted by molar-refractivity contribution is -0.140. The van der Waals surface area contributed by atoms with Gasteiger partial charge in [-0.1, -0.05) is 12.8 Å². The second kappa shape index (κ2) is 6.23. The first-order valence-corrected chi connectivity index (χ1v) is 7.77. The van der Waals surface area contributed by atoms with E-state index in [2.05, 4.69) is 17.1 Å². The number of carbonyl (C=O) groups excluding carboxylic acids is 1. The number of hydrogen-bond donors (Lipinski definition) is 2. The normalized spacial score (nSPS) is 33.4. The van der Waals surface area contributed by atoms with Crippen LogP contribution in [0.15, 0.2) is 0 Å². The molecule has 0 radical (unpaired) electrons. The maximum atomic E-state index is 12.7. The van der Waals surface area contributed by atoms with Gasteiger partial charge in [-0.3, -0.25) is 4.79 Å². The van der Waals surface area contributed by atoms with Gasteiger partial charge in [0.25, 0.3) is 0 Å². The van der Waals surface area contributed by atoms with E-state index in [9.17, 15) is 4.79 Å². The van der Waals surface area contributed by atoms with Crippen molar-refractivity contribution >= 4 is 5.91 Å². The second-order valence-electron chi connectivity index (χ2n) is 6.63. The van der Waals surface area contributed by atoms with Crippen molar-refractivity contribution in [1.82, 2.24) is 10.2 Å². The van der Waals surface area contributed by atoms with Crippen LogP contribution in [0.1, 0.15) is 45.4 Å². The Hall–Kier alpha value is -0.610. The molecular weight excluding hydrogens is 238 g/mol. The standard InChI is InChI=1S/C15H29N3O/c1-15(16)8-4-3-5-13(15)14(19)18-9-6-12(7-10-18)11-17-2/h12-13,17H,3-11,16H2,1-2H3. The lowest BCUT2D eigenvalue weighted by atomic mass is 9.73. The molecule has 2 rings (SSSR count). The Labute approximate surface area is 117 Å². The van der Waals surface area contributed by atoms with Gasteiger partial charge >= 0.3 is 0 Å². The van der Waals surface area contributed by atoms with Gasteiger partial charge < -0.3 is 16.0 Å². The highest BCUT2D eigenvalue weighted by Crippen LogP contribution is 2.33. The molecule has 0 aromatic heterocycles. The summed E-state index contributed by atoms with van der Waals surface area (Å²) < 4.78 is 0. The molecule has 4 nitrogen and oxygen atoms in total. The van der Waals surface area contributed by atoms with E-state index in [0.29, 0.717) is 5.91 Å². The molecule has 0 aromatic rings. The van der Waals surface area contributed by atoms with Gasteiger partial charge in [0.2, 0.25) is 5.91 Å². The number of piperidine rings is 1. The van der Waals surface area contributed by atoms with Crippen molar-refractivity contribution in [3.63, 3.8) is 0 Å². The fourth-order valence-corrected chi connectivity index (χ4v) is 3.63. The van der Waals surface area contributed by atoms with Crippen LogP contribution in [-0.4, -0.2) is 43.0 Å². The summed E-state index contributed by atoms with van der Waals surface area (Å²) in [4.78, 5) is 14.7. The number of nitrogens with one attached hydrogen (secondary N) is 1. The Morgan fingerprint density at radius 3 is 2.58 bits per heavy atom. The van der Waals surface area contributed by atoms with Crippen molar-refractivity contribution < 1.29 is 4.79 Å². The fourth-order valence-electron chi connectivity index (χ4n) is 3.63. The molecule has 2 aliphatic rings. The van der Waals surface area contributed by atoms with Crippen LogP contribution in [0.3, 0.4) is 0 Å². The van der Waals surface area contributed by atoms with Gasteiger partial charge in [0.15, 0.2) is 0 Å². The Morgan fingerprint density at radius 1 is 1.32 bits per heavy atom. The largest absolute Gasteiger partial charge is 0.342 e. The van der Waals surface area contributed by atoms with Gasteiger partial charge in [0.05, 0.1) is 5.92 Å². The monoisotopic (exact) mass is 267 g/mol. The molecule has 1 amide bonds. The molecule has 1 saturated carbocycles. The summed E-state index contributed by atoms with van der Waals surface area (Å²) in [5.41, 5.74) is 6.05. The van der Waals surface area contributed by atoms with Crippen LogP contribution in [0.25, 0.3) is 0 Å². The second-order valence-corrected chi connectivity index (χ2v) is 6.63. The quantitative estimate of drug-likeness (QED) is 0.811. The van der Waals surface area contributed by atoms with Crippen molar-refractivity contribution in [3.8, 4) is 0 Å². The minimum atomic E-state index is -0.294. The van der Waals surface area contributed by atoms with E-state index in [1.54, 1.807) is 0 Å². The predicted octanol–water partition coefficient (Wildman–Crippen LogP) is 1.35. The van der Waals surface area contributed by atoms with E-state index in [4.69, 9.17) is 5.73 Å². The zero-order chi connectivity index (χ0) is 13.9. The van der Waals surface area contributed by atoms with Crippen molar-refractivity contribution in [1.29, 1.82) is 0 Å². The molecule has 3 N–H and O–H groups in total. The van der Waals surface area contributed by atoms with Crippen LogP contribution >= 0.6 is 0 Å². The molecule has 0 bridgehead atoms. The van der Waals surface area contributed by atoms with Gasteiger partial charge in [-0.2, -0.15) is 0 Å². The molecule has 0 aromatic carbocycles. The summed E-state index contributed by atoms with van der Waals surface area (Å²) in [6, 6.07) is 0. The van der Waals surface area contributed by atoms with Gasteiger partial charge in [0, 0.05) is 18.6 Å². The molecule has 0 spiro atoms. The van der Waals surface area contributed by atoms with Crippen LogP contribution in [0.5, 0.6) is 0 Å². The Bertz CT molecular complexity index is 309. The minimum Gasteiger partial charge on any atom is -0.342 e. The third-order valence-electron chi connectivity index (χ3n) is 4.97. The van der Waals surface area contributed by atoms with E-state index in [1.807, 2.05) is 7.05 Å². The molecule has 4 heteroatoms. The number of nitrogens with zero attached hydrogens (tertiary/aromatic N) is 1. The van der Waals surface area contributed by atoms with Crippen molar-refractivity contribution in [2.75, 3.05) is 26.7 Å². The van der Waals surface area contributed by atoms with Gasteiger partial charge in [-0.05, 0) is 52.1 Å². The average Bonchev–Trinajstić information content (AvgIpc) is 2.39. The third-order valence-corrected chi connectivity index (χ3v) is 4.97. The molecule has 1 aliphatic carbocycles.